The molecule has 0 bridgehead atoms. The van der Waals surface area contributed by atoms with Crippen LogP contribution in [-0.2, 0) is 14.3 Å². The Morgan fingerprint density at radius 1 is 1.08 bits per heavy atom. The van der Waals surface area contributed by atoms with Gasteiger partial charge < -0.3 is 10.1 Å². The van der Waals surface area contributed by atoms with Gasteiger partial charge in [-0.1, -0.05) is 44.2 Å². The number of ketones is 1. The zero-order valence-electron chi connectivity index (χ0n) is 15.3. The largest absolute Gasteiger partial charge is 0.454 e. The van der Waals surface area contributed by atoms with Crippen LogP contribution in [0.1, 0.15) is 62.2 Å². The van der Waals surface area contributed by atoms with Crippen molar-refractivity contribution in [2.45, 2.75) is 62.8 Å². The number of ether oxygens (including phenoxy) is 1. The second-order valence-electron chi connectivity index (χ2n) is 6.67. The van der Waals surface area contributed by atoms with Crippen LogP contribution in [0.5, 0.6) is 0 Å². The Balaban J connectivity index is 1.87. The van der Waals surface area contributed by atoms with Gasteiger partial charge in [0.15, 0.2) is 5.78 Å². The number of benzene rings is 1. The zero-order valence-corrected chi connectivity index (χ0v) is 16.1. The number of amides is 1. The Kier molecular flexibility index (Phi) is 8.68. The maximum Gasteiger partial charge on any atom is 0.339 e. The lowest BCUT2D eigenvalue weighted by atomic mass is 9.97. The first-order valence-corrected chi connectivity index (χ1v) is 10.2. The fourth-order valence-corrected chi connectivity index (χ4v) is 3.87. The van der Waals surface area contributed by atoms with Gasteiger partial charge in [0, 0.05) is 10.9 Å². The maximum absolute atomic E-state index is 12.3. The van der Waals surface area contributed by atoms with Crippen molar-refractivity contribution in [3.8, 4) is 0 Å². The van der Waals surface area contributed by atoms with Gasteiger partial charge in [0.2, 0.25) is 5.91 Å². The van der Waals surface area contributed by atoms with Crippen LogP contribution in [0.3, 0.4) is 0 Å². The topological polar surface area (TPSA) is 72.5 Å². The molecule has 5 nitrogen and oxygen atoms in total. The minimum absolute atomic E-state index is 0.00696. The highest BCUT2D eigenvalue weighted by atomic mass is 32.2. The number of carbonyl (C=O) groups is 3. The van der Waals surface area contributed by atoms with Crippen molar-refractivity contribution in [1.29, 1.82) is 0 Å². The fourth-order valence-electron chi connectivity index (χ4n) is 3.02. The summed E-state index contributed by atoms with van der Waals surface area (Å²) in [4.78, 5) is 36.1. The Labute approximate surface area is 159 Å². The van der Waals surface area contributed by atoms with Gasteiger partial charge in [-0.05, 0) is 31.9 Å². The predicted octanol–water partition coefficient (Wildman–Crippen LogP) is 3.75. The number of carbonyl (C=O) groups excluding carboxylic acids is 3. The average molecular weight is 378 g/mol. The molecule has 6 heteroatoms. The van der Waals surface area contributed by atoms with Crippen molar-refractivity contribution in [2.24, 2.45) is 0 Å². The van der Waals surface area contributed by atoms with Gasteiger partial charge in [-0.2, -0.15) is 0 Å². The molecule has 0 aliphatic heterocycles. The van der Waals surface area contributed by atoms with Crippen LogP contribution in [0, 0.1) is 0 Å². The van der Waals surface area contributed by atoms with Gasteiger partial charge in [-0.3, -0.25) is 9.59 Å². The standard InChI is InChI=1S/C20H27NO4S/c1-15(22)13-25-20(24)17-11-7-8-12-18(17)26-14-19(23)21-16-9-5-3-2-4-6-10-16/h7-8,11-12,16H,2-6,9-10,13-14H2,1H3,(H,21,23). The lowest BCUT2D eigenvalue weighted by Crippen LogP contribution is -2.36. The molecule has 1 fully saturated rings. The highest BCUT2D eigenvalue weighted by molar-refractivity contribution is 8.00. The number of hydrogen-bond donors (Lipinski definition) is 1. The molecule has 0 radical (unpaired) electrons. The smallest absolute Gasteiger partial charge is 0.339 e. The van der Waals surface area contributed by atoms with E-state index in [-0.39, 0.29) is 30.1 Å². The molecule has 1 aromatic carbocycles. The molecule has 0 spiro atoms. The molecular formula is C20H27NO4S. The highest BCUT2D eigenvalue weighted by Crippen LogP contribution is 2.24. The fraction of sp³-hybridized carbons (Fsp3) is 0.550. The Morgan fingerprint density at radius 3 is 2.42 bits per heavy atom. The van der Waals surface area contributed by atoms with Crippen LogP contribution in [0.4, 0.5) is 0 Å². The summed E-state index contributed by atoms with van der Waals surface area (Å²) in [6, 6.07) is 7.26. The molecule has 142 valence electrons. The second kappa shape index (κ2) is 11.0. The zero-order chi connectivity index (χ0) is 18.8. The summed E-state index contributed by atoms with van der Waals surface area (Å²) in [7, 11) is 0. The third-order valence-corrected chi connectivity index (χ3v) is 5.42. The SMILES string of the molecule is CC(=O)COC(=O)c1ccccc1SCC(=O)NC1CCCCCCC1. The number of nitrogens with one attached hydrogen (secondary N) is 1. The average Bonchev–Trinajstić information content (AvgIpc) is 2.60. The number of hydrogen-bond acceptors (Lipinski definition) is 5. The molecule has 0 saturated heterocycles. The summed E-state index contributed by atoms with van der Waals surface area (Å²) in [6.07, 6.45) is 8.22. The van der Waals surface area contributed by atoms with E-state index in [0.29, 0.717) is 10.5 Å². The van der Waals surface area contributed by atoms with Gasteiger partial charge in [0.05, 0.1) is 11.3 Å². The summed E-state index contributed by atoms with van der Waals surface area (Å²) in [6.45, 7) is 1.13. The first-order chi connectivity index (χ1) is 12.6. The first kappa shape index (κ1) is 20.5. The quantitative estimate of drug-likeness (QED) is 0.579. The van der Waals surface area contributed by atoms with E-state index in [0.717, 1.165) is 12.8 Å². The van der Waals surface area contributed by atoms with Gasteiger partial charge >= 0.3 is 5.97 Å². The highest BCUT2D eigenvalue weighted by Gasteiger charge is 2.17. The minimum atomic E-state index is -0.538. The molecule has 1 saturated carbocycles. The molecule has 0 atom stereocenters. The molecule has 1 aliphatic carbocycles. The van der Waals surface area contributed by atoms with Crippen molar-refractivity contribution in [3.05, 3.63) is 29.8 Å². The third-order valence-electron chi connectivity index (χ3n) is 4.34. The lowest BCUT2D eigenvalue weighted by molar-refractivity contribution is -0.120. The summed E-state index contributed by atoms with van der Waals surface area (Å²) < 4.78 is 4.98. The molecule has 1 amide bonds. The molecule has 0 unspecified atom stereocenters. The van der Waals surface area contributed by atoms with Crippen molar-refractivity contribution in [1.82, 2.24) is 5.32 Å². The molecule has 0 aromatic heterocycles. The summed E-state index contributed by atoms with van der Waals surface area (Å²) in [5.41, 5.74) is 0.387. The van der Waals surface area contributed by atoms with Crippen LogP contribution < -0.4 is 5.32 Å². The molecule has 1 aromatic rings. The normalized spacial score (nSPS) is 15.6. The van der Waals surface area contributed by atoms with E-state index in [1.807, 2.05) is 6.07 Å². The number of Topliss-reactive ketones (excluding diaryl/α,β-unsaturated/α-hetero) is 1. The van der Waals surface area contributed by atoms with Crippen LogP contribution in [-0.4, -0.2) is 36.1 Å². The van der Waals surface area contributed by atoms with Gasteiger partial charge in [-0.25, -0.2) is 4.79 Å². The van der Waals surface area contributed by atoms with Gasteiger partial charge in [0.25, 0.3) is 0 Å². The molecule has 1 N–H and O–H groups in total. The van der Waals surface area contributed by atoms with E-state index < -0.39 is 5.97 Å². The lowest BCUT2D eigenvalue weighted by Gasteiger charge is -2.21. The summed E-state index contributed by atoms with van der Waals surface area (Å²) >= 11 is 1.32. The Bertz CT molecular complexity index is 624. The van der Waals surface area contributed by atoms with Crippen molar-refractivity contribution < 1.29 is 19.1 Å². The van der Waals surface area contributed by atoms with E-state index in [9.17, 15) is 14.4 Å². The minimum Gasteiger partial charge on any atom is -0.454 e. The van der Waals surface area contributed by atoms with Gasteiger partial charge in [0.1, 0.15) is 6.61 Å². The number of thioether (sulfide) groups is 1. The predicted molar refractivity (Wildman–Crippen MR) is 102 cm³/mol. The second-order valence-corrected chi connectivity index (χ2v) is 7.69. The molecular weight excluding hydrogens is 350 g/mol. The van der Waals surface area contributed by atoms with E-state index in [1.165, 1.54) is 50.8 Å². The molecule has 2 rings (SSSR count). The summed E-state index contributed by atoms with van der Waals surface area (Å²) in [5, 5.41) is 3.13. The third kappa shape index (κ3) is 7.20. The van der Waals surface area contributed by atoms with E-state index in [1.54, 1.807) is 18.2 Å². The van der Waals surface area contributed by atoms with Crippen molar-refractivity contribution in [3.63, 3.8) is 0 Å². The van der Waals surface area contributed by atoms with Crippen molar-refractivity contribution in [2.75, 3.05) is 12.4 Å². The molecule has 1 aliphatic rings. The molecule has 26 heavy (non-hydrogen) atoms. The number of rotatable bonds is 7. The Hall–Kier alpha value is -1.82. The molecule has 0 heterocycles. The van der Waals surface area contributed by atoms with E-state index >= 15 is 0 Å². The van der Waals surface area contributed by atoms with Crippen LogP contribution in [0.25, 0.3) is 0 Å². The maximum atomic E-state index is 12.3. The number of esters is 1. The van der Waals surface area contributed by atoms with Gasteiger partial charge in [-0.15, -0.1) is 11.8 Å². The van der Waals surface area contributed by atoms with Crippen LogP contribution in [0.15, 0.2) is 29.2 Å². The monoisotopic (exact) mass is 377 g/mol. The Morgan fingerprint density at radius 2 is 1.73 bits per heavy atom. The van der Waals surface area contributed by atoms with Crippen LogP contribution >= 0.6 is 11.8 Å². The van der Waals surface area contributed by atoms with Crippen LogP contribution in [0.2, 0.25) is 0 Å². The van der Waals surface area contributed by atoms with E-state index in [4.69, 9.17) is 4.74 Å². The van der Waals surface area contributed by atoms with E-state index in [2.05, 4.69) is 5.32 Å². The first-order valence-electron chi connectivity index (χ1n) is 9.24. The van der Waals surface area contributed by atoms with Crippen molar-refractivity contribution >= 4 is 29.4 Å². The summed E-state index contributed by atoms with van der Waals surface area (Å²) in [5.74, 6) is -0.494.